The van der Waals surface area contributed by atoms with Gasteiger partial charge in [0.15, 0.2) is 6.61 Å². The molecule has 0 bridgehead atoms. The number of nitrogens with zero attached hydrogens (tertiary/aromatic N) is 1. The fourth-order valence-electron chi connectivity index (χ4n) is 0.332. The summed E-state index contributed by atoms with van der Waals surface area (Å²) in [5.41, 5.74) is 1.33. The summed E-state index contributed by atoms with van der Waals surface area (Å²) in [6, 6.07) is -0.651. The van der Waals surface area contributed by atoms with Gasteiger partial charge in [0.1, 0.15) is 0 Å². The summed E-state index contributed by atoms with van der Waals surface area (Å²) in [4.78, 5) is 3.14. The molecule has 0 amide bonds. The molecule has 4 nitrogen and oxygen atoms in total. The SMILES string of the molecule is C=CN=C(NO)OCC(F)(F)F. The maximum atomic E-state index is 11.5. The van der Waals surface area contributed by atoms with E-state index in [0.29, 0.717) is 0 Å². The van der Waals surface area contributed by atoms with Crippen molar-refractivity contribution in [2.45, 2.75) is 6.18 Å². The molecule has 0 aromatic heterocycles. The smallest absolute Gasteiger partial charge is 0.422 e. The van der Waals surface area contributed by atoms with Crippen LogP contribution in [0.5, 0.6) is 0 Å². The van der Waals surface area contributed by atoms with E-state index in [1.54, 1.807) is 0 Å². The van der Waals surface area contributed by atoms with Crippen molar-refractivity contribution in [1.82, 2.24) is 5.48 Å². The normalized spacial score (nSPS) is 12.5. The van der Waals surface area contributed by atoms with Gasteiger partial charge in [-0.1, -0.05) is 6.58 Å². The van der Waals surface area contributed by atoms with Gasteiger partial charge in [0.2, 0.25) is 0 Å². The average molecular weight is 184 g/mol. The lowest BCUT2D eigenvalue weighted by Crippen LogP contribution is -2.28. The summed E-state index contributed by atoms with van der Waals surface area (Å²) < 4.78 is 38.4. The molecule has 0 saturated heterocycles. The Morgan fingerprint density at radius 3 is 2.58 bits per heavy atom. The molecule has 0 aliphatic rings. The van der Waals surface area contributed by atoms with Crippen LogP contribution in [0.2, 0.25) is 0 Å². The average Bonchev–Trinajstić information content (AvgIpc) is 1.96. The molecule has 0 aromatic carbocycles. The summed E-state index contributed by atoms with van der Waals surface area (Å²) in [7, 11) is 0. The van der Waals surface area contributed by atoms with Gasteiger partial charge in [-0.15, -0.1) is 0 Å². The first-order valence-electron chi connectivity index (χ1n) is 2.78. The van der Waals surface area contributed by atoms with E-state index in [2.05, 4.69) is 16.3 Å². The van der Waals surface area contributed by atoms with E-state index < -0.39 is 18.8 Å². The lowest BCUT2D eigenvalue weighted by atomic mass is 10.7. The lowest BCUT2D eigenvalue weighted by molar-refractivity contribution is -0.157. The predicted octanol–water partition coefficient (Wildman–Crippen LogP) is 1.04. The Kier molecular flexibility index (Phi) is 4.12. The molecule has 0 aromatic rings. The molecule has 0 aliphatic heterocycles. The van der Waals surface area contributed by atoms with Crippen LogP contribution in [0.15, 0.2) is 17.8 Å². The van der Waals surface area contributed by atoms with E-state index in [1.165, 1.54) is 5.48 Å². The number of ether oxygens (including phenoxy) is 1. The molecule has 0 spiro atoms. The van der Waals surface area contributed by atoms with Crippen molar-refractivity contribution in [3.8, 4) is 0 Å². The summed E-state index contributed by atoms with van der Waals surface area (Å²) in [6.45, 7) is 1.57. The Bertz CT molecular complexity index is 178. The first kappa shape index (κ1) is 10.8. The molecule has 0 saturated carbocycles. The molecule has 12 heavy (non-hydrogen) atoms. The van der Waals surface area contributed by atoms with Gasteiger partial charge in [0.25, 0.3) is 0 Å². The van der Waals surface area contributed by atoms with Gasteiger partial charge in [-0.25, -0.2) is 10.5 Å². The van der Waals surface area contributed by atoms with Crippen LogP contribution in [-0.2, 0) is 4.74 Å². The second kappa shape index (κ2) is 4.60. The number of alkyl halides is 3. The van der Waals surface area contributed by atoms with E-state index in [-0.39, 0.29) is 0 Å². The number of rotatable bonds is 2. The minimum atomic E-state index is -4.46. The van der Waals surface area contributed by atoms with Gasteiger partial charge < -0.3 is 4.74 Å². The first-order chi connectivity index (χ1) is 5.49. The summed E-state index contributed by atoms with van der Waals surface area (Å²) in [5.74, 6) is 0. The number of hydroxylamine groups is 1. The zero-order valence-electron chi connectivity index (χ0n) is 5.93. The standard InChI is InChI=1S/C5H7F3N2O2/c1-2-9-4(10-11)12-3-5(6,7)8/h2,11H,1,3H2,(H,9,10). The predicted molar refractivity (Wildman–Crippen MR) is 34.6 cm³/mol. The quantitative estimate of drug-likeness (QED) is 0.383. The van der Waals surface area contributed by atoms with Crippen LogP contribution < -0.4 is 5.48 Å². The zero-order chi connectivity index (χ0) is 9.61. The summed E-state index contributed by atoms with van der Waals surface area (Å²) in [5, 5.41) is 8.13. The van der Waals surface area contributed by atoms with E-state index in [1.807, 2.05) is 0 Å². The number of amidine groups is 1. The van der Waals surface area contributed by atoms with Gasteiger partial charge in [-0.3, -0.25) is 5.21 Å². The van der Waals surface area contributed by atoms with Crippen molar-refractivity contribution in [2.75, 3.05) is 6.61 Å². The van der Waals surface area contributed by atoms with Crippen molar-refractivity contribution in [1.29, 1.82) is 0 Å². The largest absolute Gasteiger partial charge is 0.454 e. The molecule has 2 N–H and O–H groups in total. The Morgan fingerprint density at radius 1 is 1.67 bits per heavy atom. The molecule has 0 atom stereocenters. The third-order valence-corrected chi connectivity index (χ3v) is 0.677. The third-order valence-electron chi connectivity index (χ3n) is 0.677. The van der Waals surface area contributed by atoms with Gasteiger partial charge in [0, 0.05) is 6.20 Å². The summed E-state index contributed by atoms with van der Waals surface area (Å²) in [6.07, 6.45) is -3.53. The van der Waals surface area contributed by atoms with Gasteiger partial charge in [-0.05, 0) is 0 Å². The molecular formula is C5H7F3N2O2. The van der Waals surface area contributed by atoms with E-state index >= 15 is 0 Å². The van der Waals surface area contributed by atoms with Crippen LogP contribution in [0, 0.1) is 0 Å². The van der Waals surface area contributed by atoms with Crippen LogP contribution in [0.3, 0.4) is 0 Å². The van der Waals surface area contributed by atoms with E-state index in [0.717, 1.165) is 6.20 Å². The highest BCUT2D eigenvalue weighted by molar-refractivity contribution is 5.72. The van der Waals surface area contributed by atoms with Crippen molar-refractivity contribution < 1.29 is 23.1 Å². The zero-order valence-corrected chi connectivity index (χ0v) is 5.93. The minimum absolute atomic E-state index is 0.651. The Morgan fingerprint density at radius 2 is 2.25 bits per heavy atom. The van der Waals surface area contributed by atoms with Crippen molar-refractivity contribution in [3.05, 3.63) is 12.8 Å². The molecule has 0 radical (unpaired) electrons. The number of hydrogen-bond donors (Lipinski definition) is 2. The van der Waals surface area contributed by atoms with Gasteiger partial charge in [0.05, 0.1) is 0 Å². The van der Waals surface area contributed by atoms with Crippen molar-refractivity contribution in [2.24, 2.45) is 4.99 Å². The number of halogens is 3. The highest BCUT2D eigenvalue weighted by Crippen LogP contribution is 2.14. The van der Waals surface area contributed by atoms with Crippen LogP contribution in [-0.4, -0.2) is 24.0 Å². The second-order valence-corrected chi connectivity index (χ2v) is 1.63. The highest BCUT2D eigenvalue weighted by Gasteiger charge is 2.29. The van der Waals surface area contributed by atoms with Crippen LogP contribution in [0.4, 0.5) is 13.2 Å². The van der Waals surface area contributed by atoms with Gasteiger partial charge >= 0.3 is 12.2 Å². The maximum absolute atomic E-state index is 11.5. The molecule has 0 heterocycles. The monoisotopic (exact) mass is 184 g/mol. The minimum Gasteiger partial charge on any atom is -0.454 e. The fourth-order valence-corrected chi connectivity index (χ4v) is 0.332. The molecule has 7 heteroatoms. The lowest BCUT2D eigenvalue weighted by Gasteiger charge is -2.08. The van der Waals surface area contributed by atoms with E-state index in [4.69, 9.17) is 5.21 Å². The number of nitrogens with one attached hydrogen (secondary N) is 1. The second-order valence-electron chi connectivity index (χ2n) is 1.63. The fraction of sp³-hybridized carbons (Fsp3) is 0.400. The highest BCUT2D eigenvalue weighted by atomic mass is 19.4. The summed E-state index contributed by atoms with van der Waals surface area (Å²) >= 11 is 0. The van der Waals surface area contributed by atoms with Crippen molar-refractivity contribution >= 4 is 6.02 Å². The van der Waals surface area contributed by atoms with Crippen LogP contribution >= 0.6 is 0 Å². The molecule has 0 fully saturated rings. The topological polar surface area (TPSA) is 53.9 Å². The molecule has 70 valence electrons. The molecule has 0 rings (SSSR count). The van der Waals surface area contributed by atoms with E-state index in [9.17, 15) is 13.2 Å². The first-order valence-corrected chi connectivity index (χ1v) is 2.78. The molecular weight excluding hydrogens is 177 g/mol. The number of aliphatic imine (C=N–C) groups is 1. The Balaban J connectivity index is 3.89. The Labute approximate surface area is 66.3 Å². The van der Waals surface area contributed by atoms with Crippen LogP contribution in [0.25, 0.3) is 0 Å². The third kappa shape index (κ3) is 5.54. The number of hydrogen-bond acceptors (Lipinski definition) is 3. The molecule has 0 unspecified atom stereocenters. The Hall–Kier alpha value is -1.24. The maximum Gasteiger partial charge on any atom is 0.422 e. The van der Waals surface area contributed by atoms with Crippen LogP contribution in [0.1, 0.15) is 0 Å². The van der Waals surface area contributed by atoms with Gasteiger partial charge in [-0.2, -0.15) is 13.2 Å². The van der Waals surface area contributed by atoms with Crippen molar-refractivity contribution in [3.63, 3.8) is 0 Å². The molecule has 0 aliphatic carbocycles.